The molecule has 96 valence electrons. The van der Waals surface area contributed by atoms with Gasteiger partial charge in [0, 0.05) is 32.7 Å². The second kappa shape index (κ2) is 5.99. The van der Waals surface area contributed by atoms with Crippen LogP contribution >= 0.6 is 0 Å². The first-order valence-electron chi connectivity index (χ1n) is 6.12. The molecular weight excluding hydrogens is 216 g/mol. The second-order valence-corrected chi connectivity index (χ2v) is 5.04. The minimum Gasteiger partial charge on any atom is -0.353 e. The van der Waals surface area contributed by atoms with Crippen LogP contribution in [0.3, 0.4) is 0 Å². The molecule has 0 radical (unpaired) electrons. The molecule has 17 heavy (non-hydrogen) atoms. The van der Waals surface area contributed by atoms with Gasteiger partial charge in [0.15, 0.2) is 0 Å². The molecule has 0 aliphatic carbocycles. The van der Waals surface area contributed by atoms with Crippen molar-refractivity contribution in [2.75, 3.05) is 32.7 Å². The summed E-state index contributed by atoms with van der Waals surface area (Å²) in [5.41, 5.74) is -0.503. The number of carbonyl (C=O) groups excluding carboxylic acids is 1. The molecule has 1 amide bonds. The fourth-order valence-corrected chi connectivity index (χ4v) is 1.88. The summed E-state index contributed by atoms with van der Waals surface area (Å²) in [6.07, 6.45) is 0. The first kappa shape index (κ1) is 13.9. The molecular formula is C12H22N4O. The first-order chi connectivity index (χ1) is 7.98. The molecule has 5 nitrogen and oxygen atoms in total. The number of piperazine rings is 1. The van der Waals surface area contributed by atoms with Crippen LogP contribution in [0.4, 0.5) is 0 Å². The number of rotatable bonds is 4. The lowest BCUT2D eigenvalue weighted by atomic mass is 10.00. The maximum Gasteiger partial charge on any atom is 0.239 e. The third kappa shape index (κ3) is 3.69. The van der Waals surface area contributed by atoms with E-state index in [1.54, 1.807) is 6.92 Å². The van der Waals surface area contributed by atoms with Crippen molar-refractivity contribution in [2.24, 2.45) is 5.92 Å². The van der Waals surface area contributed by atoms with Gasteiger partial charge in [-0.25, -0.2) is 0 Å². The molecule has 1 heterocycles. The SMILES string of the molecule is CC(C#N)CNC(=O)C(C)(C)N1CCNCC1. The fraction of sp³-hybridized carbons (Fsp3) is 0.833. The Hall–Kier alpha value is -1.12. The normalized spacial score (nSPS) is 19.4. The van der Waals surface area contributed by atoms with Crippen LogP contribution in [0.5, 0.6) is 0 Å². The topological polar surface area (TPSA) is 68.2 Å². The summed E-state index contributed by atoms with van der Waals surface area (Å²) in [7, 11) is 0. The van der Waals surface area contributed by atoms with Crippen LogP contribution < -0.4 is 10.6 Å². The Morgan fingerprint density at radius 2 is 2.12 bits per heavy atom. The Kier molecular flexibility index (Phi) is 4.91. The summed E-state index contributed by atoms with van der Waals surface area (Å²) in [4.78, 5) is 14.3. The largest absolute Gasteiger partial charge is 0.353 e. The Morgan fingerprint density at radius 1 is 1.53 bits per heavy atom. The van der Waals surface area contributed by atoms with Gasteiger partial charge in [0.2, 0.25) is 5.91 Å². The van der Waals surface area contributed by atoms with Crippen LogP contribution in [0.15, 0.2) is 0 Å². The molecule has 0 aromatic heterocycles. The van der Waals surface area contributed by atoms with Gasteiger partial charge >= 0.3 is 0 Å². The Bertz CT molecular complexity index is 302. The zero-order chi connectivity index (χ0) is 12.9. The van der Waals surface area contributed by atoms with E-state index in [1.807, 2.05) is 13.8 Å². The third-order valence-corrected chi connectivity index (χ3v) is 3.25. The number of amides is 1. The number of hydrogen-bond acceptors (Lipinski definition) is 4. The molecule has 0 aromatic carbocycles. The van der Waals surface area contributed by atoms with Crippen LogP contribution in [0.1, 0.15) is 20.8 Å². The maximum absolute atomic E-state index is 12.1. The zero-order valence-electron chi connectivity index (χ0n) is 10.9. The lowest BCUT2D eigenvalue weighted by Crippen LogP contribution is -2.60. The van der Waals surface area contributed by atoms with Crippen molar-refractivity contribution in [1.82, 2.24) is 15.5 Å². The van der Waals surface area contributed by atoms with Gasteiger partial charge in [-0.1, -0.05) is 0 Å². The molecule has 2 N–H and O–H groups in total. The maximum atomic E-state index is 12.1. The number of nitrogens with zero attached hydrogens (tertiary/aromatic N) is 2. The molecule has 1 rings (SSSR count). The van der Waals surface area contributed by atoms with Gasteiger partial charge in [0.25, 0.3) is 0 Å². The van der Waals surface area contributed by atoms with Gasteiger partial charge < -0.3 is 10.6 Å². The number of hydrogen-bond donors (Lipinski definition) is 2. The van der Waals surface area contributed by atoms with Gasteiger partial charge in [-0.2, -0.15) is 5.26 Å². The van der Waals surface area contributed by atoms with E-state index in [9.17, 15) is 4.79 Å². The fourth-order valence-electron chi connectivity index (χ4n) is 1.88. The van der Waals surface area contributed by atoms with Crippen molar-refractivity contribution >= 4 is 5.91 Å². The van der Waals surface area contributed by atoms with Crippen molar-refractivity contribution in [1.29, 1.82) is 5.26 Å². The van der Waals surface area contributed by atoms with E-state index in [4.69, 9.17) is 5.26 Å². The monoisotopic (exact) mass is 238 g/mol. The van der Waals surface area contributed by atoms with E-state index in [0.717, 1.165) is 26.2 Å². The minimum absolute atomic E-state index is 0.00139. The average Bonchev–Trinajstić information content (AvgIpc) is 2.36. The minimum atomic E-state index is -0.503. The number of nitrogens with one attached hydrogen (secondary N) is 2. The predicted molar refractivity (Wildman–Crippen MR) is 66.3 cm³/mol. The smallest absolute Gasteiger partial charge is 0.239 e. The summed E-state index contributed by atoms with van der Waals surface area (Å²) < 4.78 is 0. The molecule has 1 aliphatic rings. The molecule has 1 fully saturated rings. The van der Waals surface area contributed by atoms with Crippen LogP contribution in [0, 0.1) is 17.2 Å². The molecule has 0 saturated carbocycles. The van der Waals surface area contributed by atoms with Gasteiger partial charge in [-0.3, -0.25) is 9.69 Å². The molecule has 1 unspecified atom stereocenters. The summed E-state index contributed by atoms with van der Waals surface area (Å²) in [5, 5.41) is 14.8. The van der Waals surface area contributed by atoms with E-state index in [-0.39, 0.29) is 11.8 Å². The van der Waals surface area contributed by atoms with Crippen LogP contribution in [0.25, 0.3) is 0 Å². The van der Waals surface area contributed by atoms with E-state index in [0.29, 0.717) is 6.54 Å². The summed E-state index contributed by atoms with van der Waals surface area (Å²) in [5.74, 6) is -0.140. The van der Waals surface area contributed by atoms with Crippen molar-refractivity contribution < 1.29 is 4.79 Å². The Labute approximate surface area is 103 Å². The quantitative estimate of drug-likeness (QED) is 0.720. The molecule has 0 spiro atoms. The van der Waals surface area contributed by atoms with Gasteiger partial charge in [-0.05, 0) is 20.8 Å². The highest BCUT2D eigenvalue weighted by atomic mass is 16.2. The van der Waals surface area contributed by atoms with E-state index >= 15 is 0 Å². The Balaban J connectivity index is 2.50. The summed E-state index contributed by atoms with van der Waals surface area (Å²) >= 11 is 0. The second-order valence-electron chi connectivity index (χ2n) is 5.04. The molecule has 1 saturated heterocycles. The van der Waals surface area contributed by atoms with E-state index in [1.165, 1.54) is 0 Å². The predicted octanol–water partition coefficient (Wildman–Crippen LogP) is -0.0539. The van der Waals surface area contributed by atoms with E-state index < -0.39 is 5.54 Å². The highest BCUT2D eigenvalue weighted by Gasteiger charge is 2.34. The van der Waals surface area contributed by atoms with Crippen molar-refractivity contribution in [3.63, 3.8) is 0 Å². The van der Waals surface area contributed by atoms with Crippen LogP contribution in [-0.2, 0) is 4.79 Å². The third-order valence-electron chi connectivity index (χ3n) is 3.25. The molecule has 5 heteroatoms. The zero-order valence-corrected chi connectivity index (χ0v) is 10.9. The molecule has 1 aliphatic heterocycles. The van der Waals surface area contributed by atoms with Crippen molar-refractivity contribution in [2.45, 2.75) is 26.3 Å². The lowest BCUT2D eigenvalue weighted by Gasteiger charge is -2.39. The van der Waals surface area contributed by atoms with Crippen LogP contribution in [-0.4, -0.2) is 49.1 Å². The van der Waals surface area contributed by atoms with Gasteiger partial charge in [0.05, 0.1) is 17.5 Å². The Morgan fingerprint density at radius 3 is 2.65 bits per heavy atom. The molecule has 0 bridgehead atoms. The van der Waals surface area contributed by atoms with E-state index in [2.05, 4.69) is 21.6 Å². The van der Waals surface area contributed by atoms with Crippen molar-refractivity contribution in [3.05, 3.63) is 0 Å². The lowest BCUT2D eigenvalue weighted by molar-refractivity contribution is -0.132. The summed E-state index contributed by atoms with van der Waals surface area (Å²) in [6, 6.07) is 2.11. The first-order valence-corrected chi connectivity index (χ1v) is 6.12. The number of nitriles is 1. The summed E-state index contributed by atoms with van der Waals surface area (Å²) in [6.45, 7) is 9.71. The van der Waals surface area contributed by atoms with Crippen molar-refractivity contribution in [3.8, 4) is 6.07 Å². The standard InChI is InChI=1S/C12H22N4O/c1-10(8-13)9-15-11(17)12(2,3)16-6-4-14-5-7-16/h10,14H,4-7,9H2,1-3H3,(H,15,17). The number of carbonyl (C=O) groups is 1. The van der Waals surface area contributed by atoms with Crippen LogP contribution in [0.2, 0.25) is 0 Å². The highest BCUT2D eigenvalue weighted by Crippen LogP contribution is 2.15. The molecule has 1 atom stereocenters. The van der Waals surface area contributed by atoms with Gasteiger partial charge in [0.1, 0.15) is 0 Å². The van der Waals surface area contributed by atoms with Gasteiger partial charge in [-0.15, -0.1) is 0 Å². The average molecular weight is 238 g/mol. The molecule has 0 aromatic rings. The highest BCUT2D eigenvalue weighted by molar-refractivity contribution is 5.85.